The van der Waals surface area contributed by atoms with Crippen LogP contribution in [0, 0.1) is 6.92 Å². The molecule has 0 unspecified atom stereocenters. The van der Waals surface area contributed by atoms with Crippen molar-refractivity contribution >= 4 is 5.69 Å². The molecule has 0 aliphatic heterocycles. The molecule has 1 N–H and O–H groups in total. The van der Waals surface area contributed by atoms with Crippen LogP contribution in [0.3, 0.4) is 0 Å². The molecule has 2 aromatic rings. The highest BCUT2D eigenvalue weighted by Crippen LogP contribution is 2.14. The number of hydrogen-bond acceptors (Lipinski definition) is 3. The quantitative estimate of drug-likeness (QED) is 0.873. The van der Waals surface area contributed by atoms with Gasteiger partial charge in [0.1, 0.15) is 6.67 Å². The molecular formula is C13H20FN5. The number of aromatic nitrogens is 4. The van der Waals surface area contributed by atoms with Crippen LogP contribution < -0.4 is 5.32 Å². The lowest BCUT2D eigenvalue weighted by Gasteiger charge is -2.04. The number of rotatable bonds is 6. The number of hydrogen-bond donors (Lipinski definition) is 1. The highest BCUT2D eigenvalue weighted by Gasteiger charge is 2.06. The fourth-order valence-electron chi connectivity index (χ4n) is 1.84. The third kappa shape index (κ3) is 3.33. The van der Waals surface area contributed by atoms with E-state index in [1.807, 2.05) is 30.2 Å². The zero-order chi connectivity index (χ0) is 13.8. The summed E-state index contributed by atoms with van der Waals surface area (Å²) in [5.41, 5.74) is 2.93. The van der Waals surface area contributed by atoms with Gasteiger partial charge in [-0.3, -0.25) is 9.36 Å². The SMILES string of the molecule is Cc1nn(CCF)cc1NCc1cnn(C(C)C)c1. The Morgan fingerprint density at radius 1 is 1.37 bits per heavy atom. The monoisotopic (exact) mass is 265 g/mol. The minimum Gasteiger partial charge on any atom is -0.378 e. The number of nitrogens with one attached hydrogen (secondary N) is 1. The van der Waals surface area contributed by atoms with Crippen LogP contribution >= 0.6 is 0 Å². The summed E-state index contributed by atoms with van der Waals surface area (Å²) in [5, 5.41) is 11.8. The molecule has 2 aromatic heterocycles. The second kappa shape index (κ2) is 5.86. The summed E-state index contributed by atoms with van der Waals surface area (Å²) in [6.07, 6.45) is 5.72. The number of aryl methyl sites for hydroxylation is 2. The van der Waals surface area contributed by atoms with Crippen molar-refractivity contribution in [2.24, 2.45) is 0 Å². The van der Waals surface area contributed by atoms with Crippen LogP contribution in [0.5, 0.6) is 0 Å². The van der Waals surface area contributed by atoms with E-state index in [1.54, 1.807) is 4.68 Å². The Balaban J connectivity index is 1.97. The van der Waals surface area contributed by atoms with E-state index >= 15 is 0 Å². The number of halogens is 1. The molecule has 0 radical (unpaired) electrons. The second-order valence-corrected chi connectivity index (χ2v) is 4.86. The summed E-state index contributed by atoms with van der Waals surface area (Å²) >= 11 is 0. The Morgan fingerprint density at radius 2 is 2.16 bits per heavy atom. The number of anilines is 1. The van der Waals surface area contributed by atoms with Crippen molar-refractivity contribution in [3.05, 3.63) is 29.8 Å². The zero-order valence-electron chi connectivity index (χ0n) is 11.6. The Hall–Kier alpha value is -1.85. The predicted molar refractivity (Wildman–Crippen MR) is 72.9 cm³/mol. The van der Waals surface area contributed by atoms with Crippen molar-refractivity contribution in [1.82, 2.24) is 19.6 Å². The van der Waals surface area contributed by atoms with Gasteiger partial charge < -0.3 is 5.32 Å². The van der Waals surface area contributed by atoms with Crippen LogP contribution in [0.4, 0.5) is 10.1 Å². The summed E-state index contributed by atoms with van der Waals surface area (Å²) in [5.74, 6) is 0. The molecule has 0 saturated heterocycles. The second-order valence-electron chi connectivity index (χ2n) is 4.86. The lowest BCUT2D eigenvalue weighted by molar-refractivity contribution is 0.426. The third-order valence-corrected chi connectivity index (χ3v) is 2.93. The molecule has 0 amide bonds. The molecule has 0 aliphatic rings. The summed E-state index contributed by atoms with van der Waals surface area (Å²) in [4.78, 5) is 0. The maximum atomic E-state index is 12.3. The Kier molecular flexibility index (Phi) is 4.19. The van der Waals surface area contributed by atoms with Crippen LogP contribution in [-0.2, 0) is 13.1 Å². The molecule has 0 aromatic carbocycles. The van der Waals surface area contributed by atoms with Crippen molar-refractivity contribution in [3.8, 4) is 0 Å². The maximum absolute atomic E-state index is 12.3. The van der Waals surface area contributed by atoms with Gasteiger partial charge in [0.15, 0.2) is 0 Å². The van der Waals surface area contributed by atoms with Gasteiger partial charge in [0.05, 0.1) is 24.1 Å². The Labute approximate surface area is 112 Å². The molecule has 0 fully saturated rings. The van der Waals surface area contributed by atoms with Gasteiger partial charge in [-0.25, -0.2) is 4.39 Å². The van der Waals surface area contributed by atoms with Crippen molar-refractivity contribution in [1.29, 1.82) is 0 Å². The molecule has 0 atom stereocenters. The van der Waals surface area contributed by atoms with Gasteiger partial charge in [-0.05, 0) is 20.8 Å². The van der Waals surface area contributed by atoms with Gasteiger partial charge in [0.25, 0.3) is 0 Å². The van der Waals surface area contributed by atoms with Crippen molar-refractivity contribution in [3.63, 3.8) is 0 Å². The highest BCUT2D eigenvalue weighted by molar-refractivity contribution is 5.45. The van der Waals surface area contributed by atoms with Gasteiger partial charge in [-0.1, -0.05) is 0 Å². The molecule has 0 spiro atoms. The molecule has 2 heterocycles. The smallest absolute Gasteiger partial charge is 0.109 e. The van der Waals surface area contributed by atoms with Crippen LogP contribution in [0.25, 0.3) is 0 Å². The van der Waals surface area contributed by atoms with Crippen molar-refractivity contribution in [2.45, 2.75) is 39.9 Å². The first-order chi connectivity index (χ1) is 9.10. The topological polar surface area (TPSA) is 47.7 Å². The van der Waals surface area contributed by atoms with E-state index in [9.17, 15) is 4.39 Å². The van der Waals surface area contributed by atoms with Crippen LogP contribution in [0.2, 0.25) is 0 Å². The van der Waals surface area contributed by atoms with Crippen molar-refractivity contribution < 1.29 is 4.39 Å². The van der Waals surface area contributed by atoms with E-state index in [4.69, 9.17) is 0 Å². The fourth-order valence-corrected chi connectivity index (χ4v) is 1.84. The normalized spacial score (nSPS) is 11.2. The third-order valence-electron chi connectivity index (χ3n) is 2.93. The van der Waals surface area contributed by atoms with Gasteiger partial charge in [0, 0.05) is 30.5 Å². The number of nitrogens with zero attached hydrogens (tertiary/aromatic N) is 4. The molecule has 5 nitrogen and oxygen atoms in total. The van der Waals surface area contributed by atoms with E-state index in [0.29, 0.717) is 19.1 Å². The van der Waals surface area contributed by atoms with Gasteiger partial charge in [-0.2, -0.15) is 10.2 Å². The average Bonchev–Trinajstić information content (AvgIpc) is 2.94. The molecule has 0 aliphatic carbocycles. The van der Waals surface area contributed by atoms with Crippen LogP contribution in [0.15, 0.2) is 18.6 Å². The van der Waals surface area contributed by atoms with Gasteiger partial charge in [0.2, 0.25) is 0 Å². The van der Waals surface area contributed by atoms with Gasteiger partial charge in [-0.15, -0.1) is 0 Å². The molecule has 6 heteroatoms. The molecule has 104 valence electrons. The fraction of sp³-hybridized carbons (Fsp3) is 0.538. The first-order valence-electron chi connectivity index (χ1n) is 6.47. The summed E-state index contributed by atoms with van der Waals surface area (Å²) in [6.45, 7) is 6.68. The molecule has 19 heavy (non-hydrogen) atoms. The highest BCUT2D eigenvalue weighted by atomic mass is 19.1. The van der Waals surface area contributed by atoms with Gasteiger partial charge >= 0.3 is 0 Å². The lowest BCUT2D eigenvalue weighted by Crippen LogP contribution is -2.01. The zero-order valence-corrected chi connectivity index (χ0v) is 11.6. The minimum absolute atomic E-state index is 0.299. The summed E-state index contributed by atoms with van der Waals surface area (Å²) in [6, 6.07) is 0.364. The predicted octanol–water partition coefficient (Wildman–Crippen LogP) is 2.55. The van der Waals surface area contributed by atoms with E-state index in [1.165, 1.54) is 0 Å². The Bertz CT molecular complexity index is 529. The Morgan fingerprint density at radius 3 is 2.79 bits per heavy atom. The molecule has 0 bridgehead atoms. The standard InChI is InChI=1S/C13H20FN5/c1-10(2)19-8-12(7-16-19)6-15-13-9-18(5-4-14)17-11(13)3/h7-10,15H,4-6H2,1-3H3. The first-order valence-corrected chi connectivity index (χ1v) is 6.47. The summed E-state index contributed by atoms with van der Waals surface area (Å²) in [7, 11) is 0. The largest absolute Gasteiger partial charge is 0.378 e. The van der Waals surface area contributed by atoms with E-state index in [-0.39, 0.29) is 0 Å². The number of alkyl halides is 1. The summed E-state index contributed by atoms with van der Waals surface area (Å²) < 4.78 is 15.8. The average molecular weight is 265 g/mol. The molecule has 2 rings (SSSR count). The first kappa shape index (κ1) is 13.6. The molecule has 0 saturated carbocycles. The lowest BCUT2D eigenvalue weighted by atomic mass is 10.3. The van der Waals surface area contributed by atoms with E-state index < -0.39 is 6.67 Å². The maximum Gasteiger partial charge on any atom is 0.109 e. The molecular weight excluding hydrogens is 245 g/mol. The minimum atomic E-state index is -0.401. The van der Waals surface area contributed by atoms with E-state index in [2.05, 4.69) is 29.4 Å². The van der Waals surface area contributed by atoms with Crippen molar-refractivity contribution in [2.75, 3.05) is 12.0 Å². The van der Waals surface area contributed by atoms with Crippen LogP contribution in [0.1, 0.15) is 31.1 Å². The van der Waals surface area contributed by atoms with Crippen LogP contribution in [-0.4, -0.2) is 26.2 Å². The van der Waals surface area contributed by atoms with E-state index in [0.717, 1.165) is 16.9 Å².